The molecule has 0 aliphatic heterocycles. The van der Waals surface area contributed by atoms with E-state index in [1.807, 2.05) is 12.1 Å². The molecule has 1 aliphatic carbocycles. The van der Waals surface area contributed by atoms with E-state index in [0.29, 0.717) is 5.92 Å². The molecule has 0 saturated heterocycles. The van der Waals surface area contributed by atoms with Crippen molar-refractivity contribution in [1.82, 2.24) is 0 Å². The van der Waals surface area contributed by atoms with Crippen molar-refractivity contribution in [2.75, 3.05) is 7.11 Å². The predicted molar refractivity (Wildman–Crippen MR) is 67.8 cm³/mol. The average molecular weight is 212 g/mol. The van der Waals surface area contributed by atoms with Crippen molar-refractivity contribution >= 4 is 6.08 Å². The van der Waals surface area contributed by atoms with Crippen molar-refractivity contribution in [2.45, 2.75) is 6.42 Å². The predicted octanol–water partition coefficient (Wildman–Crippen LogP) is 3.81. The van der Waals surface area contributed by atoms with Crippen LogP contribution in [0.2, 0.25) is 0 Å². The molecule has 0 N–H and O–H groups in total. The van der Waals surface area contributed by atoms with Gasteiger partial charge >= 0.3 is 0 Å². The Bertz CT molecular complexity index is 412. The lowest BCUT2D eigenvalue weighted by Gasteiger charge is -2.11. The number of benzene rings is 1. The van der Waals surface area contributed by atoms with Crippen molar-refractivity contribution < 1.29 is 4.74 Å². The van der Waals surface area contributed by atoms with Gasteiger partial charge in [0.05, 0.1) is 7.11 Å². The third-order valence-electron chi connectivity index (χ3n) is 2.64. The summed E-state index contributed by atoms with van der Waals surface area (Å²) >= 11 is 0. The Morgan fingerprint density at radius 3 is 2.81 bits per heavy atom. The molecular weight excluding hydrogens is 196 g/mol. The first kappa shape index (κ1) is 10.7. The Kier molecular flexibility index (Phi) is 3.60. The van der Waals surface area contributed by atoms with Crippen LogP contribution in [0.3, 0.4) is 0 Å². The van der Waals surface area contributed by atoms with Crippen LogP contribution >= 0.6 is 0 Å². The van der Waals surface area contributed by atoms with E-state index in [9.17, 15) is 0 Å². The van der Waals surface area contributed by atoms with Gasteiger partial charge in [-0.25, -0.2) is 0 Å². The Morgan fingerprint density at radius 1 is 1.25 bits per heavy atom. The van der Waals surface area contributed by atoms with E-state index in [1.54, 1.807) is 7.11 Å². The van der Waals surface area contributed by atoms with E-state index >= 15 is 0 Å². The highest BCUT2D eigenvalue weighted by Crippen LogP contribution is 2.19. The van der Waals surface area contributed by atoms with Gasteiger partial charge in [-0.2, -0.15) is 0 Å². The Morgan fingerprint density at radius 2 is 2.06 bits per heavy atom. The van der Waals surface area contributed by atoms with Crippen molar-refractivity contribution in [2.24, 2.45) is 5.92 Å². The molecule has 0 heterocycles. The van der Waals surface area contributed by atoms with Crippen molar-refractivity contribution in [3.8, 4) is 0 Å². The van der Waals surface area contributed by atoms with Crippen LogP contribution in [0.5, 0.6) is 0 Å². The summed E-state index contributed by atoms with van der Waals surface area (Å²) in [5, 5.41) is 0. The molecule has 0 amide bonds. The lowest BCUT2D eigenvalue weighted by Crippen LogP contribution is -1.97. The molecule has 0 fully saturated rings. The van der Waals surface area contributed by atoms with Crippen LogP contribution in [0.25, 0.3) is 6.08 Å². The fourth-order valence-electron chi connectivity index (χ4n) is 1.74. The van der Waals surface area contributed by atoms with Gasteiger partial charge in [-0.15, -0.1) is 0 Å². The Hall–Kier alpha value is -1.76. The second-order valence-corrected chi connectivity index (χ2v) is 3.84. The maximum absolute atomic E-state index is 5.21. The molecule has 1 aliphatic rings. The summed E-state index contributed by atoms with van der Waals surface area (Å²) < 4.78 is 5.21. The number of rotatable bonds is 3. The van der Waals surface area contributed by atoms with E-state index < -0.39 is 0 Å². The summed E-state index contributed by atoms with van der Waals surface area (Å²) in [5.41, 5.74) is 1.24. The minimum atomic E-state index is 0.445. The molecule has 0 saturated carbocycles. The summed E-state index contributed by atoms with van der Waals surface area (Å²) in [6, 6.07) is 10.4. The van der Waals surface area contributed by atoms with E-state index in [2.05, 4.69) is 48.6 Å². The van der Waals surface area contributed by atoms with Crippen LogP contribution in [0.1, 0.15) is 12.0 Å². The number of hydrogen-bond acceptors (Lipinski definition) is 1. The monoisotopic (exact) mass is 212 g/mol. The summed E-state index contributed by atoms with van der Waals surface area (Å²) in [7, 11) is 1.71. The van der Waals surface area contributed by atoms with Gasteiger partial charge < -0.3 is 4.74 Å². The first-order chi connectivity index (χ1) is 7.88. The highest BCUT2D eigenvalue weighted by molar-refractivity contribution is 5.49. The molecule has 1 heteroatoms. The quantitative estimate of drug-likeness (QED) is 0.740. The number of allylic oxidation sites excluding steroid dienone is 4. The van der Waals surface area contributed by atoms with Gasteiger partial charge in [0.2, 0.25) is 0 Å². The summed E-state index contributed by atoms with van der Waals surface area (Å²) in [6.45, 7) is 0. The van der Waals surface area contributed by atoms with Crippen molar-refractivity contribution in [1.29, 1.82) is 0 Å². The molecule has 1 atom stereocenters. The van der Waals surface area contributed by atoms with Gasteiger partial charge in [0.1, 0.15) is 5.76 Å². The molecule has 0 radical (unpaired) electrons. The maximum Gasteiger partial charge on any atom is 0.115 e. The van der Waals surface area contributed by atoms with E-state index in [0.717, 1.165) is 12.2 Å². The first-order valence-corrected chi connectivity index (χ1v) is 5.54. The minimum Gasteiger partial charge on any atom is -0.497 e. The van der Waals surface area contributed by atoms with Crippen LogP contribution in [-0.4, -0.2) is 7.11 Å². The summed E-state index contributed by atoms with van der Waals surface area (Å²) in [5.74, 6) is 1.40. The molecule has 0 bridgehead atoms. The third kappa shape index (κ3) is 2.86. The van der Waals surface area contributed by atoms with E-state index in [1.165, 1.54) is 5.56 Å². The van der Waals surface area contributed by atoms with Gasteiger partial charge in [-0.3, -0.25) is 0 Å². The van der Waals surface area contributed by atoms with Crippen LogP contribution < -0.4 is 0 Å². The Balaban J connectivity index is 2.03. The van der Waals surface area contributed by atoms with Gasteiger partial charge in [-0.05, 0) is 24.1 Å². The fraction of sp³-hybridized carbons (Fsp3) is 0.200. The largest absolute Gasteiger partial charge is 0.497 e. The molecule has 1 aromatic rings. The number of methoxy groups -OCH3 is 1. The van der Waals surface area contributed by atoms with Crippen LogP contribution in [0, 0.1) is 5.92 Å². The third-order valence-corrected chi connectivity index (χ3v) is 2.64. The second-order valence-electron chi connectivity index (χ2n) is 3.84. The van der Waals surface area contributed by atoms with Crippen LogP contribution in [0.15, 0.2) is 60.4 Å². The van der Waals surface area contributed by atoms with Gasteiger partial charge in [0.25, 0.3) is 0 Å². The van der Waals surface area contributed by atoms with Gasteiger partial charge in [0, 0.05) is 5.92 Å². The molecular formula is C15H16O. The first-order valence-electron chi connectivity index (χ1n) is 5.54. The zero-order valence-electron chi connectivity index (χ0n) is 9.47. The number of ether oxygens (including phenoxy) is 1. The fourth-order valence-corrected chi connectivity index (χ4v) is 1.74. The van der Waals surface area contributed by atoms with Crippen molar-refractivity contribution in [3.63, 3.8) is 0 Å². The summed E-state index contributed by atoms with van der Waals surface area (Å²) in [4.78, 5) is 0. The molecule has 1 unspecified atom stereocenters. The second kappa shape index (κ2) is 5.36. The zero-order chi connectivity index (χ0) is 11.2. The molecule has 82 valence electrons. The molecule has 0 spiro atoms. The van der Waals surface area contributed by atoms with E-state index in [-0.39, 0.29) is 0 Å². The smallest absolute Gasteiger partial charge is 0.115 e. The van der Waals surface area contributed by atoms with Crippen molar-refractivity contribution in [3.05, 3.63) is 66.0 Å². The van der Waals surface area contributed by atoms with Gasteiger partial charge in [-0.1, -0.05) is 48.6 Å². The maximum atomic E-state index is 5.21. The SMILES string of the molecule is COC1=CC(/C=C/c2ccccc2)CC=C1. The Labute approximate surface area is 96.8 Å². The van der Waals surface area contributed by atoms with E-state index in [4.69, 9.17) is 4.74 Å². The summed E-state index contributed by atoms with van der Waals surface area (Å²) in [6.07, 6.45) is 11.8. The molecule has 16 heavy (non-hydrogen) atoms. The normalized spacial score (nSPS) is 19.8. The molecule has 0 aromatic heterocycles. The van der Waals surface area contributed by atoms with Crippen LogP contribution in [0.4, 0.5) is 0 Å². The average Bonchev–Trinajstić information content (AvgIpc) is 2.38. The lowest BCUT2D eigenvalue weighted by atomic mass is 9.98. The zero-order valence-corrected chi connectivity index (χ0v) is 9.47. The molecule has 1 aromatic carbocycles. The molecule has 1 nitrogen and oxygen atoms in total. The lowest BCUT2D eigenvalue weighted by molar-refractivity contribution is 0.301. The standard InChI is InChI=1S/C15H16O/c1-16-15-9-5-8-14(12-15)11-10-13-6-3-2-4-7-13/h2-7,9-12,14H,8H2,1H3/b11-10+. The molecule has 2 rings (SSSR count). The van der Waals surface area contributed by atoms with Gasteiger partial charge in [0.15, 0.2) is 0 Å². The topological polar surface area (TPSA) is 9.23 Å². The van der Waals surface area contributed by atoms with Crippen LogP contribution in [-0.2, 0) is 4.74 Å². The highest BCUT2D eigenvalue weighted by atomic mass is 16.5. The minimum absolute atomic E-state index is 0.445. The number of hydrogen-bond donors (Lipinski definition) is 0. The highest BCUT2D eigenvalue weighted by Gasteiger charge is 2.05.